The minimum Gasteiger partial charge on any atom is -0.280 e. The Morgan fingerprint density at radius 3 is 2.39 bits per heavy atom. The van der Waals surface area contributed by atoms with Gasteiger partial charge in [0.05, 0.1) is 4.90 Å². The Bertz CT molecular complexity index is 933. The van der Waals surface area contributed by atoms with Crippen LogP contribution in [0.4, 0.5) is 5.69 Å². The van der Waals surface area contributed by atoms with Crippen LogP contribution in [0.2, 0.25) is 0 Å². The van der Waals surface area contributed by atoms with Crippen molar-refractivity contribution in [1.29, 1.82) is 0 Å². The van der Waals surface area contributed by atoms with Crippen LogP contribution in [0.25, 0.3) is 10.8 Å². The van der Waals surface area contributed by atoms with Gasteiger partial charge in [0.15, 0.2) is 0 Å². The van der Waals surface area contributed by atoms with E-state index >= 15 is 0 Å². The summed E-state index contributed by atoms with van der Waals surface area (Å²) in [7, 11) is -3.59. The number of fused-ring (bicyclic) bond motifs is 1. The summed E-state index contributed by atoms with van der Waals surface area (Å²) < 4.78 is 27.6. The molecule has 118 valence electrons. The molecule has 0 atom stereocenters. The van der Waals surface area contributed by atoms with Crippen LogP contribution in [0, 0.1) is 0 Å². The Morgan fingerprint density at radius 2 is 1.70 bits per heavy atom. The molecule has 5 heteroatoms. The van der Waals surface area contributed by atoms with E-state index in [1.807, 2.05) is 24.3 Å². The predicted molar refractivity (Wildman–Crippen MR) is 93.1 cm³/mol. The van der Waals surface area contributed by atoms with E-state index in [9.17, 15) is 8.42 Å². The second kappa shape index (κ2) is 6.01. The van der Waals surface area contributed by atoms with E-state index in [4.69, 9.17) is 0 Å². The number of nitrogens with zero attached hydrogens (tertiary/aromatic N) is 1. The second-order valence-corrected chi connectivity index (χ2v) is 7.45. The van der Waals surface area contributed by atoms with E-state index in [0.717, 1.165) is 16.3 Å². The lowest BCUT2D eigenvalue weighted by atomic mass is 10.0. The van der Waals surface area contributed by atoms with Crippen LogP contribution in [0.3, 0.4) is 0 Å². The molecule has 23 heavy (non-hydrogen) atoms. The molecule has 1 N–H and O–H groups in total. The molecular weight excluding hydrogens is 308 g/mol. The summed E-state index contributed by atoms with van der Waals surface area (Å²) in [5.41, 5.74) is 1.64. The van der Waals surface area contributed by atoms with Gasteiger partial charge >= 0.3 is 0 Å². The topological polar surface area (TPSA) is 59.1 Å². The van der Waals surface area contributed by atoms with E-state index in [1.165, 1.54) is 0 Å². The van der Waals surface area contributed by atoms with Crippen molar-refractivity contribution in [1.82, 2.24) is 4.98 Å². The van der Waals surface area contributed by atoms with Gasteiger partial charge in [-0.05, 0) is 47.2 Å². The lowest BCUT2D eigenvalue weighted by molar-refractivity contribution is 0.601. The molecule has 3 rings (SSSR count). The molecule has 0 bridgehead atoms. The zero-order valence-corrected chi connectivity index (χ0v) is 13.8. The largest absolute Gasteiger partial charge is 0.280 e. The third kappa shape index (κ3) is 3.35. The fourth-order valence-corrected chi connectivity index (χ4v) is 3.44. The fraction of sp³-hybridized carbons (Fsp3) is 0.167. The molecule has 0 radical (unpaired) electrons. The Hall–Kier alpha value is -2.40. The van der Waals surface area contributed by atoms with Crippen LogP contribution in [0.5, 0.6) is 0 Å². The van der Waals surface area contributed by atoms with Gasteiger partial charge in [0.25, 0.3) is 10.0 Å². The number of sulfonamides is 1. The third-order valence-electron chi connectivity index (χ3n) is 3.75. The number of hydrogen-bond acceptors (Lipinski definition) is 3. The van der Waals surface area contributed by atoms with Crippen molar-refractivity contribution in [3.8, 4) is 0 Å². The first-order chi connectivity index (χ1) is 11.0. The lowest BCUT2D eigenvalue weighted by Crippen LogP contribution is -2.13. The summed E-state index contributed by atoms with van der Waals surface area (Å²) in [6.45, 7) is 4.15. The van der Waals surface area contributed by atoms with E-state index in [0.29, 0.717) is 11.6 Å². The fourth-order valence-electron chi connectivity index (χ4n) is 2.39. The molecule has 0 aliphatic carbocycles. The van der Waals surface area contributed by atoms with Crippen molar-refractivity contribution < 1.29 is 8.42 Å². The second-order valence-electron chi connectivity index (χ2n) is 5.77. The van der Waals surface area contributed by atoms with E-state index in [-0.39, 0.29) is 4.90 Å². The quantitative estimate of drug-likeness (QED) is 0.783. The van der Waals surface area contributed by atoms with Gasteiger partial charge in [-0.1, -0.05) is 32.0 Å². The van der Waals surface area contributed by atoms with Crippen molar-refractivity contribution >= 4 is 26.5 Å². The smallest absolute Gasteiger partial charge is 0.261 e. The van der Waals surface area contributed by atoms with Gasteiger partial charge in [-0.3, -0.25) is 9.71 Å². The molecule has 2 aromatic carbocycles. The summed E-state index contributed by atoms with van der Waals surface area (Å²) in [6, 6.07) is 14.3. The lowest BCUT2D eigenvalue weighted by Gasteiger charge is -2.10. The molecule has 4 nitrogen and oxygen atoms in total. The predicted octanol–water partition coefficient (Wildman–Crippen LogP) is 4.16. The summed E-state index contributed by atoms with van der Waals surface area (Å²) in [4.78, 5) is 4.32. The highest BCUT2D eigenvalue weighted by Crippen LogP contribution is 2.22. The molecule has 0 saturated carbocycles. The summed E-state index contributed by atoms with van der Waals surface area (Å²) >= 11 is 0. The van der Waals surface area contributed by atoms with E-state index < -0.39 is 10.0 Å². The highest BCUT2D eigenvalue weighted by atomic mass is 32.2. The summed E-state index contributed by atoms with van der Waals surface area (Å²) in [6.07, 6.45) is 3.42. The third-order valence-corrected chi connectivity index (χ3v) is 5.15. The standard InChI is InChI=1S/C18H18N2O2S/c1-13(2)14-4-7-18(8-5-14)23(21,22)20-17-6-3-15-9-10-19-12-16(15)11-17/h3-13,20H,1-2H3. The van der Waals surface area contributed by atoms with Crippen LogP contribution in [-0.2, 0) is 10.0 Å². The van der Waals surface area contributed by atoms with Crippen molar-refractivity contribution in [2.24, 2.45) is 0 Å². The average molecular weight is 326 g/mol. The maximum atomic E-state index is 12.5. The molecule has 0 aliphatic rings. The Kier molecular flexibility index (Phi) is 4.05. The first kappa shape index (κ1) is 15.5. The Morgan fingerprint density at radius 1 is 0.957 bits per heavy atom. The first-order valence-corrected chi connectivity index (χ1v) is 8.90. The molecule has 0 unspecified atom stereocenters. The zero-order valence-electron chi connectivity index (χ0n) is 13.0. The van der Waals surface area contributed by atoms with Gasteiger partial charge in [0.2, 0.25) is 0 Å². The highest BCUT2D eigenvalue weighted by Gasteiger charge is 2.14. The normalized spacial score (nSPS) is 11.8. The van der Waals surface area contributed by atoms with Gasteiger partial charge in [0, 0.05) is 23.5 Å². The molecule has 0 amide bonds. The minimum absolute atomic E-state index is 0.258. The van der Waals surface area contributed by atoms with Gasteiger partial charge < -0.3 is 0 Å². The molecule has 0 spiro atoms. The van der Waals surface area contributed by atoms with Crippen LogP contribution in [0.15, 0.2) is 65.8 Å². The van der Waals surface area contributed by atoms with Crippen LogP contribution in [-0.4, -0.2) is 13.4 Å². The first-order valence-electron chi connectivity index (χ1n) is 7.42. The van der Waals surface area contributed by atoms with Crippen LogP contribution < -0.4 is 4.72 Å². The van der Waals surface area contributed by atoms with Crippen LogP contribution in [0.1, 0.15) is 25.3 Å². The van der Waals surface area contributed by atoms with Gasteiger partial charge in [-0.15, -0.1) is 0 Å². The molecular formula is C18H18N2O2S. The summed E-state index contributed by atoms with van der Waals surface area (Å²) in [5, 5.41) is 1.91. The van der Waals surface area contributed by atoms with Crippen LogP contribution >= 0.6 is 0 Å². The van der Waals surface area contributed by atoms with Crippen molar-refractivity contribution in [2.45, 2.75) is 24.7 Å². The number of pyridine rings is 1. The van der Waals surface area contributed by atoms with E-state index in [1.54, 1.807) is 36.7 Å². The molecule has 1 aromatic heterocycles. The number of rotatable bonds is 4. The number of hydrogen-bond donors (Lipinski definition) is 1. The SMILES string of the molecule is CC(C)c1ccc(S(=O)(=O)Nc2ccc3ccncc3c2)cc1. The van der Waals surface area contributed by atoms with Gasteiger partial charge in [-0.2, -0.15) is 0 Å². The van der Waals surface area contributed by atoms with Crippen molar-refractivity contribution in [3.63, 3.8) is 0 Å². The maximum absolute atomic E-state index is 12.5. The molecule has 1 heterocycles. The maximum Gasteiger partial charge on any atom is 0.261 e. The molecule has 0 fully saturated rings. The number of nitrogens with one attached hydrogen (secondary N) is 1. The zero-order chi connectivity index (χ0) is 16.4. The molecule has 0 aliphatic heterocycles. The minimum atomic E-state index is -3.59. The van der Waals surface area contributed by atoms with Gasteiger partial charge in [0.1, 0.15) is 0 Å². The monoisotopic (exact) mass is 326 g/mol. The number of aromatic nitrogens is 1. The Labute approximate surface area is 136 Å². The molecule has 3 aromatic rings. The Balaban J connectivity index is 1.89. The summed E-state index contributed by atoms with van der Waals surface area (Å²) in [5.74, 6) is 0.368. The van der Waals surface area contributed by atoms with Crippen molar-refractivity contribution in [3.05, 3.63) is 66.5 Å². The molecule has 0 saturated heterocycles. The number of anilines is 1. The highest BCUT2D eigenvalue weighted by molar-refractivity contribution is 7.92. The van der Waals surface area contributed by atoms with E-state index in [2.05, 4.69) is 23.6 Å². The average Bonchev–Trinajstić information content (AvgIpc) is 2.54. The van der Waals surface area contributed by atoms with Gasteiger partial charge in [-0.25, -0.2) is 8.42 Å². The van der Waals surface area contributed by atoms with Crippen molar-refractivity contribution in [2.75, 3.05) is 4.72 Å². The number of benzene rings is 2.